The van der Waals surface area contributed by atoms with Crippen LogP contribution >= 0.6 is 10.2 Å². The van der Waals surface area contributed by atoms with Gasteiger partial charge in [0.25, 0.3) is 5.91 Å². The van der Waals surface area contributed by atoms with E-state index in [1.807, 2.05) is 0 Å². The van der Waals surface area contributed by atoms with Gasteiger partial charge in [-0.3, -0.25) is 4.79 Å². The van der Waals surface area contributed by atoms with Crippen molar-refractivity contribution in [3.8, 4) is 0 Å². The van der Waals surface area contributed by atoms with E-state index in [-0.39, 0.29) is 42.5 Å². The van der Waals surface area contributed by atoms with Crippen molar-refractivity contribution in [1.29, 1.82) is 0 Å². The number of pyridine rings is 1. The van der Waals surface area contributed by atoms with Crippen LogP contribution in [0.2, 0.25) is 0 Å². The Kier molecular flexibility index (Phi) is 4.73. The first-order valence-corrected chi connectivity index (χ1v) is 10.9. The summed E-state index contributed by atoms with van der Waals surface area (Å²) in [6.45, 7) is 2.03. The normalized spacial score (nSPS) is 18.0. The molecule has 5 nitrogen and oxygen atoms in total. The van der Waals surface area contributed by atoms with Crippen LogP contribution in [0.5, 0.6) is 0 Å². The Bertz CT molecular complexity index is 1020. The summed E-state index contributed by atoms with van der Waals surface area (Å²) in [5.74, 6) is -1.18. The van der Waals surface area contributed by atoms with E-state index >= 15 is 0 Å². The SMILES string of the molecule is Cc1c(N)ncc(F)c1C1CCN(C(=O)c2ccc(S(F)(F)(F)(F)F)cc2N)CC1. The predicted octanol–water partition coefficient (Wildman–Crippen LogP) is 5.37. The van der Waals surface area contributed by atoms with Gasteiger partial charge in [-0.15, -0.1) is 0 Å². The molecule has 30 heavy (non-hydrogen) atoms. The lowest BCUT2D eigenvalue weighted by molar-refractivity contribution is 0.0713. The molecule has 12 heteroatoms. The van der Waals surface area contributed by atoms with Gasteiger partial charge in [0, 0.05) is 18.8 Å². The van der Waals surface area contributed by atoms with Crippen LogP contribution in [0.3, 0.4) is 0 Å². The third-order valence-electron chi connectivity index (χ3n) is 5.25. The molecule has 0 saturated carbocycles. The average Bonchev–Trinajstić information content (AvgIpc) is 2.63. The fourth-order valence-corrected chi connectivity index (χ4v) is 4.30. The van der Waals surface area contributed by atoms with Crippen molar-refractivity contribution in [2.75, 3.05) is 24.6 Å². The monoisotopic (exact) mass is 454 g/mol. The second kappa shape index (κ2) is 6.43. The van der Waals surface area contributed by atoms with Crippen molar-refractivity contribution in [1.82, 2.24) is 9.88 Å². The highest BCUT2D eigenvalue weighted by Crippen LogP contribution is 3.02. The molecule has 0 bridgehead atoms. The first-order chi connectivity index (χ1) is 13.6. The van der Waals surface area contributed by atoms with Gasteiger partial charge in [0.2, 0.25) is 0 Å². The highest BCUT2D eigenvalue weighted by molar-refractivity contribution is 8.45. The fourth-order valence-electron chi connectivity index (χ4n) is 3.63. The molecule has 0 atom stereocenters. The van der Waals surface area contributed by atoms with E-state index in [0.29, 0.717) is 30.0 Å². The minimum atomic E-state index is -9.89. The number of halogens is 6. The number of hydrogen-bond donors (Lipinski definition) is 2. The summed E-state index contributed by atoms with van der Waals surface area (Å²) < 4.78 is 78.8. The lowest BCUT2D eigenvalue weighted by Crippen LogP contribution is -2.38. The number of nitrogen functional groups attached to an aromatic ring is 2. The van der Waals surface area contributed by atoms with Gasteiger partial charge < -0.3 is 16.4 Å². The second-order valence-corrected chi connectivity index (χ2v) is 9.72. The lowest BCUT2D eigenvalue weighted by atomic mass is 9.86. The molecule has 1 aromatic carbocycles. The maximum atomic E-state index is 14.2. The first kappa shape index (κ1) is 22.1. The number of aromatic nitrogens is 1. The van der Waals surface area contributed by atoms with E-state index in [9.17, 15) is 28.6 Å². The highest BCUT2D eigenvalue weighted by Gasteiger charge is 2.65. The van der Waals surface area contributed by atoms with Crippen molar-refractivity contribution in [3.63, 3.8) is 0 Å². The van der Waals surface area contributed by atoms with E-state index in [2.05, 4.69) is 4.98 Å². The van der Waals surface area contributed by atoms with Crippen LogP contribution < -0.4 is 11.5 Å². The molecule has 1 amide bonds. The standard InChI is InChI=1S/C18H20F6N4OS/c1-10-16(14(19)9-27-17(10)26)11-4-6-28(7-5-11)18(29)13-3-2-12(8-15(13)25)30(20,21,22,23)24/h2-3,8-9,11H,4-7,25H2,1H3,(H2,26,27). The molecule has 1 aliphatic heterocycles. The van der Waals surface area contributed by atoms with Gasteiger partial charge in [0.15, 0.2) is 0 Å². The summed E-state index contributed by atoms with van der Waals surface area (Å²) in [7, 11) is -9.89. The Morgan fingerprint density at radius 1 is 1.13 bits per heavy atom. The van der Waals surface area contributed by atoms with E-state index in [0.717, 1.165) is 6.20 Å². The maximum absolute atomic E-state index is 14.2. The fraction of sp³-hybridized carbons (Fsp3) is 0.333. The minimum Gasteiger partial charge on any atom is -0.398 e. The summed E-state index contributed by atoms with van der Waals surface area (Å²) in [6, 6.07) is 0.904. The topological polar surface area (TPSA) is 85.2 Å². The number of hydrogen-bond acceptors (Lipinski definition) is 4. The van der Waals surface area contributed by atoms with Crippen molar-refractivity contribution in [3.05, 3.63) is 46.9 Å². The number of carbonyl (C=O) groups is 1. The van der Waals surface area contributed by atoms with E-state index in [1.54, 1.807) is 6.92 Å². The number of anilines is 2. The number of benzene rings is 1. The van der Waals surface area contributed by atoms with Crippen LogP contribution in [0, 0.1) is 12.7 Å². The van der Waals surface area contributed by atoms with Crippen LogP contribution in [0.15, 0.2) is 29.3 Å². The number of likely N-dealkylation sites (tertiary alicyclic amines) is 1. The van der Waals surface area contributed by atoms with Gasteiger partial charge in [-0.25, -0.2) is 9.37 Å². The number of piperidine rings is 1. The molecule has 0 unspecified atom stereocenters. The third kappa shape index (κ3) is 4.27. The minimum absolute atomic E-state index is 0.0834. The maximum Gasteiger partial charge on any atom is 0.310 e. The molecular formula is C18H20F6N4OS. The molecule has 1 aromatic heterocycles. The lowest BCUT2D eigenvalue weighted by Gasteiger charge is -2.40. The zero-order chi connectivity index (χ0) is 22.5. The van der Waals surface area contributed by atoms with Gasteiger partial charge >= 0.3 is 10.2 Å². The van der Waals surface area contributed by atoms with Crippen molar-refractivity contribution in [2.45, 2.75) is 30.6 Å². The van der Waals surface area contributed by atoms with Crippen LogP contribution in [0.1, 0.15) is 40.2 Å². The number of amides is 1. The molecule has 2 heterocycles. The molecule has 0 spiro atoms. The van der Waals surface area contributed by atoms with E-state index in [1.165, 1.54) is 4.90 Å². The molecule has 0 radical (unpaired) electrons. The zero-order valence-electron chi connectivity index (χ0n) is 15.8. The van der Waals surface area contributed by atoms with Crippen LogP contribution in [0.25, 0.3) is 0 Å². The van der Waals surface area contributed by atoms with E-state index in [4.69, 9.17) is 11.5 Å². The second-order valence-electron chi connectivity index (χ2n) is 7.31. The smallest absolute Gasteiger partial charge is 0.310 e. The molecule has 166 valence electrons. The Balaban J connectivity index is 1.78. The average molecular weight is 454 g/mol. The highest BCUT2D eigenvalue weighted by atomic mass is 32.5. The number of rotatable bonds is 3. The van der Waals surface area contributed by atoms with Gasteiger partial charge in [-0.2, -0.15) is 0 Å². The van der Waals surface area contributed by atoms with Crippen LogP contribution in [-0.4, -0.2) is 28.9 Å². The Morgan fingerprint density at radius 2 is 1.73 bits per heavy atom. The van der Waals surface area contributed by atoms with Gasteiger partial charge in [-0.05, 0) is 55.0 Å². The molecule has 0 aliphatic carbocycles. The molecule has 4 N–H and O–H groups in total. The Labute approximate surface area is 168 Å². The van der Waals surface area contributed by atoms with E-state index < -0.39 is 32.5 Å². The van der Waals surface area contributed by atoms with Gasteiger partial charge in [0.1, 0.15) is 16.5 Å². The Morgan fingerprint density at radius 3 is 2.27 bits per heavy atom. The van der Waals surface area contributed by atoms with Crippen LogP contribution in [-0.2, 0) is 0 Å². The predicted molar refractivity (Wildman–Crippen MR) is 103 cm³/mol. The summed E-state index contributed by atoms with van der Waals surface area (Å²) in [5.41, 5.74) is 11.2. The largest absolute Gasteiger partial charge is 0.398 e. The molecular weight excluding hydrogens is 434 g/mol. The summed E-state index contributed by atoms with van der Waals surface area (Å²) in [5, 5.41) is 0. The van der Waals surface area contributed by atoms with Crippen LogP contribution in [0.4, 0.5) is 35.3 Å². The van der Waals surface area contributed by atoms with Crippen molar-refractivity contribution in [2.24, 2.45) is 0 Å². The number of nitrogens with zero attached hydrogens (tertiary/aromatic N) is 2. The number of carbonyl (C=O) groups excluding carboxylic acids is 1. The summed E-state index contributed by atoms with van der Waals surface area (Å²) in [6.07, 6.45) is 1.81. The molecule has 3 rings (SSSR count). The summed E-state index contributed by atoms with van der Waals surface area (Å²) >= 11 is 0. The molecule has 2 aromatic rings. The van der Waals surface area contributed by atoms with Gasteiger partial charge in [-0.1, -0.05) is 19.4 Å². The quantitative estimate of drug-likeness (QED) is 0.482. The number of nitrogens with two attached hydrogens (primary N) is 2. The molecule has 1 aliphatic rings. The first-order valence-electron chi connectivity index (χ1n) is 8.92. The van der Waals surface area contributed by atoms with Crippen molar-refractivity contribution >= 4 is 27.6 Å². The van der Waals surface area contributed by atoms with Crippen molar-refractivity contribution < 1.29 is 28.6 Å². The molecule has 1 fully saturated rings. The molecule has 1 saturated heterocycles. The summed E-state index contributed by atoms with van der Waals surface area (Å²) in [4.78, 5) is 15.6. The van der Waals surface area contributed by atoms with Gasteiger partial charge in [0.05, 0.1) is 11.8 Å². The third-order valence-corrected chi connectivity index (χ3v) is 6.40. The zero-order valence-corrected chi connectivity index (χ0v) is 16.7. The Hall–Kier alpha value is -2.63.